The fourth-order valence-electron chi connectivity index (χ4n) is 3.44. The van der Waals surface area contributed by atoms with Crippen LogP contribution in [0, 0.1) is 0 Å². The van der Waals surface area contributed by atoms with Gasteiger partial charge in [0.25, 0.3) is 11.8 Å². The number of alkyl halides is 3. The third kappa shape index (κ3) is 6.51. The van der Waals surface area contributed by atoms with E-state index in [9.17, 15) is 27.9 Å². The standard InChI is InChI=1S/C25H21F3N6O4/c26-25(27,28)38-19-4-2-1-3-18(19)24(37)32-16-9-7-15(8-10-16)31-23-20(21(29)36)22(33-34-23)30-13-14-5-11-17(35)12-6-14/h1-12,35H,13H2,(H2,29,36)(H,32,37)(H3,30,31,33,34). The summed E-state index contributed by atoms with van der Waals surface area (Å²) in [6.45, 7) is 0.327. The summed E-state index contributed by atoms with van der Waals surface area (Å²) in [6, 6.07) is 17.6. The summed E-state index contributed by atoms with van der Waals surface area (Å²) >= 11 is 0. The molecule has 0 spiro atoms. The maximum absolute atomic E-state index is 12.6. The second-order valence-electron chi connectivity index (χ2n) is 7.91. The fourth-order valence-corrected chi connectivity index (χ4v) is 3.44. The van der Waals surface area contributed by atoms with Crippen LogP contribution < -0.4 is 26.4 Å². The highest BCUT2D eigenvalue weighted by atomic mass is 19.4. The Morgan fingerprint density at radius 3 is 2.29 bits per heavy atom. The molecule has 7 N–H and O–H groups in total. The van der Waals surface area contributed by atoms with Crippen molar-refractivity contribution in [3.05, 3.63) is 89.5 Å². The first-order valence-electron chi connectivity index (χ1n) is 11.0. The third-order valence-corrected chi connectivity index (χ3v) is 5.18. The monoisotopic (exact) mass is 526 g/mol. The molecule has 2 amide bonds. The van der Waals surface area contributed by atoms with Gasteiger partial charge in [0.15, 0.2) is 5.82 Å². The second-order valence-corrected chi connectivity index (χ2v) is 7.91. The summed E-state index contributed by atoms with van der Waals surface area (Å²) in [5.74, 6) is -1.58. The van der Waals surface area contributed by atoms with Crippen LogP contribution in [0.15, 0.2) is 72.8 Å². The van der Waals surface area contributed by atoms with Crippen molar-refractivity contribution in [3.63, 3.8) is 0 Å². The van der Waals surface area contributed by atoms with Crippen molar-refractivity contribution < 1.29 is 32.6 Å². The van der Waals surface area contributed by atoms with E-state index >= 15 is 0 Å². The topological polar surface area (TPSA) is 154 Å². The van der Waals surface area contributed by atoms with Gasteiger partial charge in [-0.25, -0.2) is 0 Å². The number of amides is 2. The molecule has 0 saturated carbocycles. The first-order chi connectivity index (χ1) is 18.1. The van der Waals surface area contributed by atoms with Crippen LogP contribution >= 0.6 is 0 Å². The lowest BCUT2D eigenvalue weighted by Gasteiger charge is -2.13. The molecule has 0 bridgehead atoms. The minimum atomic E-state index is -4.94. The van der Waals surface area contributed by atoms with Gasteiger partial charge in [-0.1, -0.05) is 24.3 Å². The molecular formula is C25H21F3N6O4. The molecule has 0 radical (unpaired) electrons. The van der Waals surface area contributed by atoms with E-state index < -0.39 is 23.9 Å². The van der Waals surface area contributed by atoms with E-state index in [0.717, 1.165) is 11.6 Å². The number of nitrogens with two attached hydrogens (primary N) is 1. The summed E-state index contributed by atoms with van der Waals surface area (Å²) in [5.41, 5.74) is 6.97. The van der Waals surface area contributed by atoms with Crippen LogP contribution in [0.1, 0.15) is 26.3 Å². The molecule has 0 aliphatic heterocycles. The number of aromatic amines is 1. The van der Waals surface area contributed by atoms with Crippen molar-refractivity contribution >= 4 is 34.8 Å². The number of aromatic hydroxyl groups is 1. The summed E-state index contributed by atoms with van der Waals surface area (Å²) in [7, 11) is 0. The molecule has 0 fully saturated rings. The maximum Gasteiger partial charge on any atom is 0.573 e. The molecule has 4 aromatic rings. The van der Waals surface area contributed by atoms with Gasteiger partial charge in [0.1, 0.15) is 22.9 Å². The predicted molar refractivity (Wildman–Crippen MR) is 133 cm³/mol. The van der Waals surface area contributed by atoms with Crippen molar-refractivity contribution in [2.45, 2.75) is 12.9 Å². The van der Waals surface area contributed by atoms with Crippen molar-refractivity contribution in [1.29, 1.82) is 0 Å². The zero-order valence-corrected chi connectivity index (χ0v) is 19.5. The number of ether oxygens (including phenoxy) is 1. The number of hydrogen-bond acceptors (Lipinski definition) is 7. The van der Waals surface area contributed by atoms with Gasteiger partial charge in [0.2, 0.25) is 0 Å². The number of carbonyl (C=O) groups excluding carboxylic acids is 2. The van der Waals surface area contributed by atoms with Gasteiger partial charge in [0.05, 0.1) is 5.56 Å². The molecule has 13 heteroatoms. The van der Waals surface area contributed by atoms with E-state index in [-0.39, 0.29) is 28.5 Å². The SMILES string of the molecule is NC(=O)c1c(Nc2ccc(NC(=O)c3ccccc3OC(F)(F)F)cc2)n[nH]c1NCc1ccc(O)cc1. The summed E-state index contributed by atoms with van der Waals surface area (Å²) in [6.07, 6.45) is -4.94. The number of nitrogens with one attached hydrogen (secondary N) is 4. The van der Waals surface area contributed by atoms with E-state index in [4.69, 9.17) is 5.73 Å². The maximum atomic E-state index is 12.6. The Kier molecular flexibility index (Phi) is 7.37. The second kappa shape index (κ2) is 10.8. The molecule has 0 unspecified atom stereocenters. The normalized spacial score (nSPS) is 11.0. The molecular weight excluding hydrogens is 505 g/mol. The Morgan fingerprint density at radius 1 is 0.974 bits per heavy atom. The predicted octanol–water partition coefficient (Wildman–Crippen LogP) is 4.72. The van der Waals surface area contributed by atoms with E-state index in [1.165, 1.54) is 42.5 Å². The Bertz CT molecular complexity index is 1440. The largest absolute Gasteiger partial charge is 0.573 e. The number of phenols is 1. The fraction of sp³-hybridized carbons (Fsp3) is 0.0800. The quantitative estimate of drug-likeness (QED) is 0.184. The van der Waals surface area contributed by atoms with Crippen LogP contribution in [0.5, 0.6) is 11.5 Å². The number of carbonyl (C=O) groups is 2. The number of benzene rings is 3. The van der Waals surface area contributed by atoms with Crippen LogP contribution in [0.25, 0.3) is 0 Å². The minimum absolute atomic E-state index is 0.0856. The van der Waals surface area contributed by atoms with Gasteiger partial charge in [-0.3, -0.25) is 14.7 Å². The van der Waals surface area contributed by atoms with Gasteiger partial charge in [-0.05, 0) is 54.1 Å². The Hall–Kier alpha value is -5.20. The van der Waals surface area contributed by atoms with E-state index in [1.54, 1.807) is 24.3 Å². The van der Waals surface area contributed by atoms with E-state index in [0.29, 0.717) is 17.9 Å². The molecule has 196 valence electrons. The number of para-hydroxylation sites is 1. The number of rotatable bonds is 9. The lowest BCUT2D eigenvalue weighted by molar-refractivity contribution is -0.274. The molecule has 38 heavy (non-hydrogen) atoms. The number of halogens is 3. The molecule has 0 atom stereocenters. The first kappa shape index (κ1) is 25.9. The van der Waals surface area contributed by atoms with Crippen molar-refractivity contribution in [2.24, 2.45) is 5.73 Å². The van der Waals surface area contributed by atoms with Gasteiger partial charge >= 0.3 is 6.36 Å². The number of nitrogens with zero attached hydrogens (tertiary/aromatic N) is 1. The number of aromatic nitrogens is 2. The Morgan fingerprint density at radius 2 is 1.63 bits per heavy atom. The van der Waals surface area contributed by atoms with Crippen LogP contribution in [0.2, 0.25) is 0 Å². The van der Waals surface area contributed by atoms with Crippen LogP contribution in [0.4, 0.5) is 36.2 Å². The van der Waals surface area contributed by atoms with Crippen molar-refractivity contribution in [2.75, 3.05) is 16.0 Å². The van der Waals surface area contributed by atoms with Gasteiger partial charge in [-0.2, -0.15) is 5.10 Å². The van der Waals surface area contributed by atoms with Gasteiger partial charge in [-0.15, -0.1) is 13.2 Å². The number of hydrogen-bond donors (Lipinski definition) is 6. The van der Waals surface area contributed by atoms with Crippen LogP contribution in [-0.2, 0) is 6.54 Å². The van der Waals surface area contributed by atoms with Crippen LogP contribution in [-0.4, -0.2) is 33.5 Å². The number of phenolic OH excluding ortho intramolecular Hbond substituents is 1. The molecule has 4 rings (SSSR count). The summed E-state index contributed by atoms with van der Waals surface area (Å²) in [4.78, 5) is 24.6. The lowest BCUT2D eigenvalue weighted by Crippen LogP contribution is -2.20. The average molecular weight is 526 g/mol. The zero-order valence-electron chi connectivity index (χ0n) is 19.5. The smallest absolute Gasteiger partial charge is 0.508 e. The molecule has 0 aliphatic carbocycles. The molecule has 1 heterocycles. The first-order valence-corrected chi connectivity index (χ1v) is 11.0. The highest BCUT2D eigenvalue weighted by Gasteiger charge is 2.32. The summed E-state index contributed by atoms with van der Waals surface area (Å²) in [5, 5.41) is 24.7. The number of H-pyrrole nitrogens is 1. The number of anilines is 4. The molecule has 1 aromatic heterocycles. The van der Waals surface area contributed by atoms with Crippen molar-refractivity contribution in [3.8, 4) is 11.5 Å². The van der Waals surface area contributed by atoms with Crippen LogP contribution in [0.3, 0.4) is 0 Å². The molecule has 0 saturated heterocycles. The minimum Gasteiger partial charge on any atom is -0.508 e. The average Bonchev–Trinajstić information content (AvgIpc) is 3.27. The highest BCUT2D eigenvalue weighted by Crippen LogP contribution is 2.28. The van der Waals surface area contributed by atoms with Crippen molar-refractivity contribution in [1.82, 2.24) is 10.2 Å². The Labute approximate surface area is 213 Å². The summed E-state index contributed by atoms with van der Waals surface area (Å²) < 4.78 is 41.8. The third-order valence-electron chi connectivity index (χ3n) is 5.18. The Balaban J connectivity index is 1.43. The zero-order chi connectivity index (χ0) is 27.3. The van der Waals surface area contributed by atoms with E-state index in [2.05, 4.69) is 30.9 Å². The molecule has 3 aromatic carbocycles. The molecule has 10 nitrogen and oxygen atoms in total. The molecule has 0 aliphatic rings. The number of primary amides is 1. The lowest BCUT2D eigenvalue weighted by atomic mass is 10.1. The highest BCUT2D eigenvalue weighted by molar-refractivity contribution is 6.06. The van der Waals surface area contributed by atoms with Gasteiger partial charge < -0.3 is 31.5 Å². The van der Waals surface area contributed by atoms with E-state index in [1.807, 2.05) is 0 Å². The van der Waals surface area contributed by atoms with Gasteiger partial charge in [0, 0.05) is 17.9 Å².